The Hall–Kier alpha value is -2.03. The van der Waals surface area contributed by atoms with Gasteiger partial charge in [-0.1, -0.05) is 12.1 Å². The predicted molar refractivity (Wildman–Crippen MR) is 74.1 cm³/mol. The zero-order valence-electron chi connectivity index (χ0n) is 9.62. The Kier molecular flexibility index (Phi) is 3.11. The summed E-state index contributed by atoms with van der Waals surface area (Å²) < 4.78 is 1.05. The van der Waals surface area contributed by atoms with Crippen LogP contribution >= 0.6 is 22.9 Å². The van der Waals surface area contributed by atoms with Crippen LogP contribution in [0.15, 0.2) is 36.5 Å². The molecule has 3 rings (SSSR count). The highest BCUT2D eigenvalue weighted by molar-refractivity contribution is 7.18. The molecule has 92 valence electrons. The van der Waals surface area contributed by atoms with Crippen molar-refractivity contribution in [1.82, 2.24) is 15.0 Å². The van der Waals surface area contributed by atoms with Crippen molar-refractivity contribution in [3.8, 4) is 6.07 Å². The molecule has 6 heteroatoms. The molecule has 19 heavy (non-hydrogen) atoms. The molecule has 0 saturated carbocycles. The normalized spacial score (nSPS) is 12.2. The van der Waals surface area contributed by atoms with E-state index in [-0.39, 0.29) is 5.28 Å². The number of hydrogen-bond donors (Lipinski definition) is 0. The minimum absolute atomic E-state index is 0.138. The Morgan fingerprint density at radius 2 is 2.05 bits per heavy atom. The van der Waals surface area contributed by atoms with Crippen molar-refractivity contribution in [3.05, 3.63) is 52.5 Å². The van der Waals surface area contributed by atoms with Gasteiger partial charge in [-0.15, -0.1) is 11.3 Å². The van der Waals surface area contributed by atoms with Gasteiger partial charge in [0.15, 0.2) is 0 Å². The summed E-state index contributed by atoms with van der Waals surface area (Å²) in [6.07, 6.45) is 1.54. The van der Waals surface area contributed by atoms with Crippen molar-refractivity contribution >= 4 is 33.2 Å². The van der Waals surface area contributed by atoms with Crippen LogP contribution in [0.2, 0.25) is 5.28 Å². The molecule has 1 aromatic carbocycles. The van der Waals surface area contributed by atoms with Gasteiger partial charge in [0.1, 0.15) is 10.9 Å². The molecule has 0 saturated heterocycles. The zero-order chi connectivity index (χ0) is 13.2. The molecular weight excluding hydrogens is 280 g/mol. The topological polar surface area (TPSA) is 62.5 Å². The highest BCUT2D eigenvalue weighted by atomic mass is 35.5. The Balaban J connectivity index is 2.10. The molecule has 0 N–H and O–H groups in total. The van der Waals surface area contributed by atoms with Crippen molar-refractivity contribution in [2.75, 3.05) is 0 Å². The first-order valence-electron chi connectivity index (χ1n) is 5.51. The predicted octanol–water partition coefficient (Wildman–Crippen LogP) is 3.40. The maximum Gasteiger partial charge on any atom is 0.222 e. The first-order valence-corrected chi connectivity index (χ1v) is 6.71. The number of hydrogen-bond acceptors (Lipinski definition) is 5. The fourth-order valence-electron chi connectivity index (χ4n) is 1.77. The molecule has 3 aromatic rings. The molecule has 4 nitrogen and oxygen atoms in total. The van der Waals surface area contributed by atoms with Crippen LogP contribution in [0.3, 0.4) is 0 Å². The summed E-state index contributed by atoms with van der Waals surface area (Å²) in [6.45, 7) is 0. The molecule has 0 amide bonds. The second kappa shape index (κ2) is 4.92. The van der Waals surface area contributed by atoms with E-state index in [0.29, 0.717) is 5.69 Å². The second-order valence-corrected chi connectivity index (χ2v) is 5.23. The average molecular weight is 287 g/mol. The van der Waals surface area contributed by atoms with Crippen LogP contribution in [0.25, 0.3) is 10.2 Å². The van der Waals surface area contributed by atoms with Crippen LogP contribution in [-0.4, -0.2) is 15.0 Å². The zero-order valence-corrected chi connectivity index (χ0v) is 11.2. The van der Waals surface area contributed by atoms with Gasteiger partial charge in [0, 0.05) is 6.20 Å². The van der Waals surface area contributed by atoms with Crippen LogP contribution in [0.1, 0.15) is 16.6 Å². The Morgan fingerprint density at radius 3 is 2.79 bits per heavy atom. The largest absolute Gasteiger partial charge is 0.239 e. The minimum atomic E-state index is -0.516. The maximum absolute atomic E-state index is 9.36. The van der Waals surface area contributed by atoms with Crippen molar-refractivity contribution < 1.29 is 0 Å². The van der Waals surface area contributed by atoms with Crippen molar-refractivity contribution in [1.29, 1.82) is 5.26 Å². The van der Waals surface area contributed by atoms with Gasteiger partial charge in [0.2, 0.25) is 5.28 Å². The molecular formula is C13H7ClN4S. The summed E-state index contributed by atoms with van der Waals surface area (Å²) in [5.41, 5.74) is 1.46. The monoisotopic (exact) mass is 286 g/mol. The fourth-order valence-corrected chi connectivity index (χ4v) is 2.95. The lowest BCUT2D eigenvalue weighted by Gasteiger charge is -2.04. The Morgan fingerprint density at radius 1 is 1.21 bits per heavy atom. The van der Waals surface area contributed by atoms with Gasteiger partial charge in [-0.25, -0.2) is 15.0 Å². The van der Waals surface area contributed by atoms with Gasteiger partial charge in [-0.3, -0.25) is 0 Å². The number of rotatable bonds is 2. The Bertz CT molecular complexity index is 744. The standard InChI is InChI=1S/C13H7ClN4S/c14-13-16-6-5-9(18-13)8(7-15)12-17-10-3-1-2-4-11(10)19-12/h1-6,8H/t8-/m0/s1. The number of thiazole rings is 1. The lowest BCUT2D eigenvalue weighted by atomic mass is 10.1. The van der Waals surface area contributed by atoms with Crippen LogP contribution in [-0.2, 0) is 0 Å². The first kappa shape index (κ1) is 12.0. The molecule has 0 fully saturated rings. The smallest absolute Gasteiger partial charge is 0.222 e. The summed E-state index contributed by atoms with van der Waals surface area (Å²) in [5.74, 6) is -0.516. The summed E-state index contributed by atoms with van der Waals surface area (Å²) in [7, 11) is 0. The summed E-state index contributed by atoms with van der Waals surface area (Å²) in [5, 5.41) is 10.2. The van der Waals surface area contributed by atoms with Crippen molar-refractivity contribution in [2.24, 2.45) is 0 Å². The van der Waals surface area contributed by atoms with Crippen molar-refractivity contribution in [2.45, 2.75) is 5.92 Å². The second-order valence-electron chi connectivity index (χ2n) is 3.83. The third-order valence-corrected chi connectivity index (χ3v) is 3.91. The van der Waals surface area contributed by atoms with Gasteiger partial charge in [0.25, 0.3) is 0 Å². The Labute approximate surface area is 118 Å². The molecule has 0 bridgehead atoms. The third-order valence-electron chi connectivity index (χ3n) is 2.63. The average Bonchev–Trinajstić information content (AvgIpc) is 2.83. The van der Waals surface area contributed by atoms with E-state index in [4.69, 9.17) is 11.6 Å². The number of halogens is 1. The van der Waals surface area contributed by atoms with E-state index in [1.165, 1.54) is 11.3 Å². The van der Waals surface area contributed by atoms with E-state index < -0.39 is 5.92 Å². The van der Waals surface area contributed by atoms with Crippen LogP contribution in [0.4, 0.5) is 0 Å². The van der Waals surface area contributed by atoms with Gasteiger partial charge in [0.05, 0.1) is 22.0 Å². The van der Waals surface area contributed by atoms with E-state index in [1.807, 2.05) is 24.3 Å². The van der Waals surface area contributed by atoms with Crippen LogP contribution in [0.5, 0.6) is 0 Å². The number of para-hydroxylation sites is 1. The summed E-state index contributed by atoms with van der Waals surface area (Å²) in [4.78, 5) is 12.4. The van der Waals surface area contributed by atoms with E-state index >= 15 is 0 Å². The van der Waals surface area contributed by atoms with Crippen molar-refractivity contribution in [3.63, 3.8) is 0 Å². The van der Waals surface area contributed by atoms with E-state index in [0.717, 1.165) is 15.2 Å². The molecule has 1 atom stereocenters. The van der Waals surface area contributed by atoms with Gasteiger partial charge in [-0.05, 0) is 29.8 Å². The molecule has 0 unspecified atom stereocenters. The maximum atomic E-state index is 9.36. The van der Waals surface area contributed by atoms with Crippen LogP contribution < -0.4 is 0 Å². The first-order chi connectivity index (χ1) is 9.28. The number of benzene rings is 1. The van der Waals surface area contributed by atoms with Gasteiger partial charge >= 0.3 is 0 Å². The molecule has 0 aliphatic carbocycles. The number of nitrogens with zero attached hydrogens (tertiary/aromatic N) is 4. The summed E-state index contributed by atoms with van der Waals surface area (Å²) >= 11 is 7.26. The SMILES string of the molecule is N#C[C@@H](c1ccnc(Cl)n1)c1nc2ccccc2s1. The quantitative estimate of drug-likeness (QED) is 0.677. The molecule has 2 aromatic heterocycles. The molecule has 0 radical (unpaired) electrons. The summed E-state index contributed by atoms with van der Waals surface area (Å²) in [6, 6.07) is 11.7. The molecule has 0 aliphatic heterocycles. The van der Waals surface area contributed by atoms with Gasteiger partial charge in [-0.2, -0.15) is 5.26 Å². The molecule has 0 spiro atoms. The minimum Gasteiger partial charge on any atom is -0.239 e. The molecule has 2 heterocycles. The van der Waals surface area contributed by atoms with Gasteiger partial charge < -0.3 is 0 Å². The van der Waals surface area contributed by atoms with E-state index in [9.17, 15) is 5.26 Å². The highest BCUT2D eigenvalue weighted by Crippen LogP contribution is 2.30. The lowest BCUT2D eigenvalue weighted by Crippen LogP contribution is -2.01. The number of nitriles is 1. The number of fused-ring (bicyclic) bond motifs is 1. The lowest BCUT2D eigenvalue weighted by molar-refractivity contribution is 0.934. The van der Waals surface area contributed by atoms with E-state index in [2.05, 4.69) is 21.0 Å². The van der Waals surface area contributed by atoms with Crippen LogP contribution in [0, 0.1) is 11.3 Å². The number of aromatic nitrogens is 3. The molecule has 0 aliphatic rings. The van der Waals surface area contributed by atoms with E-state index in [1.54, 1.807) is 12.3 Å². The fraction of sp³-hybridized carbons (Fsp3) is 0.0769. The third kappa shape index (κ3) is 2.28. The highest BCUT2D eigenvalue weighted by Gasteiger charge is 2.19.